The van der Waals surface area contributed by atoms with E-state index in [1.165, 1.54) is 19.3 Å². The van der Waals surface area contributed by atoms with Gasteiger partial charge in [0.05, 0.1) is 17.5 Å². The summed E-state index contributed by atoms with van der Waals surface area (Å²) in [4.78, 5) is 28.7. The average molecular weight is 417 g/mol. The van der Waals surface area contributed by atoms with Crippen LogP contribution in [0.5, 0.6) is 5.75 Å². The van der Waals surface area contributed by atoms with E-state index < -0.39 is 0 Å². The molecule has 29 heavy (non-hydrogen) atoms. The number of amides is 2. The van der Waals surface area contributed by atoms with Crippen LogP contribution in [0.2, 0.25) is 5.02 Å². The highest BCUT2D eigenvalue weighted by molar-refractivity contribution is 6.32. The van der Waals surface area contributed by atoms with Crippen LogP contribution in [0.1, 0.15) is 51.4 Å². The molecule has 6 rings (SSSR count). The molecule has 4 aliphatic carbocycles. The normalized spacial score (nSPS) is 35.0. The number of halogens is 1. The van der Waals surface area contributed by atoms with Crippen molar-refractivity contribution in [3.63, 3.8) is 0 Å². The molecule has 1 unspecified atom stereocenters. The van der Waals surface area contributed by atoms with Gasteiger partial charge in [-0.2, -0.15) is 0 Å². The number of ether oxygens (including phenoxy) is 1. The predicted molar refractivity (Wildman–Crippen MR) is 112 cm³/mol. The minimum absolute atomic E-state index is 0.109. The molecule has 4 saturated carbocycles. The van der Waals surface area contributed by atoms with Crippen molar-refractivity contribution in [2.75, 3.05) is 19.0 Å². The first-order valence-corrected chi connectivity index (χ1v) is 11.3. The molecule has 4 bridgehead atoms. The Morgan fingerprint density at radius 2 is 1.79 bits per heavy atom. The number of hydrogen-bond donors (Lipinski definition) is 1. The summed E-state index contributed by atoms with van der Waals surface area (Å²) >= 11 is 6.19. The van der Waals surface area contributed by atoms with Gasteiger partial charge < -0.3 is 15.0 Å². The molecule has 1 heterocycles. The lowest BCUT2D eigenvalue weighted by molar-refractivity contribution is -0.160. The van der Waals surface area contributed by atoms with Gasteiger partial charge in [0.15, 0.2) is 0 Å². The minimum Gasteiger partial charge on any atom is -0.495 e. The summed E-state index contributed by atoms with van der Waals surface area (Å²) in [7, 11) is 1.56. The quantitative estimate of drug-likeness (QED) is 0.786. The zero-order valence-electron chi connectivity index (χ0n) is 17.0. The molecule has 1 aromatic carbocycles. The summed E-state index contributed by atoms with van der Waals surface area (Å²) in [5, 5.41) is 3.42. The molecular weight excluding hydrogens is 388 g/mol. The Labute approximate surface area is 177 Å². The standard InChI is InChI=1S/C23H29ClN2O3/c1-29-20-5-4-17(10-18(20)24)25-21(27)19-3-2-6-26(19)22(28)23-11-14-7-15(12-23)9-16(8-14)13-23/h4-5,10,14-16,19H,2-3,6-9,11-13H2,1H3,(H,25,27). The summed E-state index contributed by atoms with van der Waals surface area (Å²) in [5.74, 6) is 2.89. The second kappa shape index (κ2) is 7.19. The summed E-state index contributed by atoms with van der Waals surface area (Å²) in [5.41, 5.74) is 0.441. The topological polar surface area (TPSA) is 58.6 Å². The Morgan fingerprint density at radius 1 is 1.14 bits per heavy atom. The molecule has 1 N–H and O–H groups in total. The Balaban J connectivity index is 1.31. The van der Waals surface area contributed by atoms with Gasteiger partial charge in [0, 0.05) is 12.2 Å². The van der Waals surface area contributed by atoms with Gasteiger partial charge in [-0.25, -0.2) is 0 Å². The van der Waals surface area contributed by atoms with Crippen LogP contribution >= 0.6 is 11.6 Å². The van der Waals surface area contributed by atoms with E-state index in [-0.39, 0.29) is 23.3 Å². The highest BCUT2D eigenvalue weighted by Crippen LogP contribution is 2.60. The molecule has 5 aliphatic rings. The molecule has 0 spiro atoms. The van der Waals surface area contributed by atoms with Crippen LogP contribution in [-0.2, 0) is 9.59 Å². The third kappa shape index (κ3) is 3.31. The smallest absolute Gasteiger partial charge is 0.247 e. The number of nitrogens with one attached hydrogen (secondary N) is 1. The Kier molecular flexibility index (Phi) is 4.77. The van der Waals surface area contributed by atoms with E-state index in [1.807, 2.05) is 4.90 Å². The summed E-state index contributed by atoms with van der Waals surface area (Å²) in [6.45, 7) is 0.696. The number of hydrogen-bond acceptors (Lipinski definition) is 3. The second-order valence-electron chi connectivity index (χ2n) is 9.69. The van der Waals surface area contributed by atoms with Gasteiger partial charge in [-0.05, 0) is 87.3 Å². The van der Waals surface area contributed by atoms with E-state index in [0.717, 1.165) is 49.9 Å². The molecule has 2 amide bonds. The Bertz CT molecular complexity index is 804. The van der Waals surface area contributed by atoms with Gasteiger partial charge in [0.2, 0.25) is 11.8 Å². The van der Waals surface area contributed by atoms with Gasteiger partial charge >= 0.3 is 0 Å². The van der Waals surface area contributed by atoms with E-state index in [9.17, 15) is 9.59 Å². The fourth-order valence-corrected chi connectivity index (χ4v) is 7.19. The SMILES string of the molecule is COc1ccc(NC(=O)C2CCCN2C(=O)C23CC4CC(CC(C4)C2)C3)cc1Cl. The van der Waals surface area contributed by atoms with E-state index in [0.29, 0.717) is 23.0 Å². The second-order valence-corrected chi connectivity index (χ2v) is 10.1. The maximum atomic E-state index is 13.7. The third-order valence-electron chi connectivity index (χ3n) is 7.73. The molecule has 1 aromatic rings. The first kappa shape index (κ1) is 19.2. The van der Waals surface area contributed by atoms with Gasteiger partial charge in [-0.3, -0.25) is 9.59 Å². The van der Waals surface area contributed by atoms with Crippen molar-refractivity contribution < 1.29 is 14.3 Å². The fourth-order valence-electron chi connectivity index (χ4n) is 6.93. The lowest BCUT2D eigenvalue weighted by atomic mass is 9.49. The highest BCUT2D eigenvalue weighted by Gasteiger charge is 2.56. The van der Waals surface area contributed by atoms with Crippen molar-refractivity contribution in [1.29, 1.82) is 0 Å². The summed E-state index contributed by atoms with van der Waals surface area (Å²) < 4.78 is 5.17. The van der Waals surface area contributed by atoms with Gasteiger partial charge in [0.1, 0.15) is 11.8 Å². The van der Waals surface area contributed by atoms with E-state index in [1.54, 1.807) is 25.3 Å². The third-order valence-corrected chi connectivity index (χ3v) is 8.02. The maximum absolute atomic E-state index is 13.7. The van der Waals surface area contributed by atoms with Gasteiger partial charge in [-0.1, -0.05) is 11.6 Å². The maximum Gasteiger partial charge on any atom is 0.247 e. The van der Waals surface area contributed by atoms with Crippen LogP contribution in [0, 0.1) is 23.2 Å². The predicted octanol–water partition coefficient (Wildman–Crippen LogP) is 4.49. The van der Waals surface area contributed by atoms with Crippen LogP contribution in [0.25, 0.3) is 0 Å². The largest absolute Gasteiger partial charge is 0.495 e. The number of methoxy groups -OCH3 is 1. The van der Waals surface area contributed by atoms with Crippen molar-refractivity contribution in [3.8, 4) is 5.75 Å². The number of likely N-dealkylation sites (tertiary alicyclic amines) is 1. The van der Waals surface area contributed by atoms with E-state index in [4.69, 9.17) is 16.3 Å². The van der Waals surface area contributed by atoms with Crippen LogP contribution in [0.4, 0.5) is 5.69 Å². The Morgan fingerprint density at radius 3 is 2.38 bits per heavy atom. The molecule has 156 valence electrons. The lowest BCUT2D eigenvalue weighted by Crippen LogP contribution is -2.56. The molecule has 0 aromatic heterocycles. The van der Waals surface area contributed by atoms with Crippen molar-refractivity contribution in [2.24, 2.45) is 23.2 Å². The molecule has 1 saturated heterocycles. The molecule has 1 atom stereocenters. The number of rotatable bonds is 4. The van der Waals surface area contributed by atoms with Crippen molar-refractivity contribution in [1.82, 2.24) is 4.90 Å². The summed E-state index contributed by atoms with van der Waals surface area (Å²) in [6, 6.07) is 4.84. The first-order chi connectivity index (χ1) is 14.0. The number of carbonyl (C=O) groups is 2. The van der Waals surface area contributed by atoms with Crippen LogP contribution in [0.3, 0.4) is 0 Å². The number of anilines is 1. The molecule has 6 heteroatoms. The summed E-state index contributed by atoms with van der Waals surface area (Å²) in [6.07, 6.45) is 8.68. The fraction of sp³-hybridized carbons (Fsp3) is 0.652. The number of benzene rings is 1. The van der Waals surface area contributed by atoms with Crippen LogP contribution < -0.4 is 10.1 Å². The zero-order valence-corrected chi connectivity index (χ0v) is 17.7. The van der Waals surface area contributed by atoms with Gasteiger partial charge in [0.25, 0.3) is 0 Å². The van der Waals surface area contributed by atoms with Gasteiger partial charge in [-0.15, -0.1) is 0 Å². The number of nitrogens with zero attached hydrogens (tertiary/aromatic N) is 1. The van der Waals surface area contributed by atoms with Crippen molar-refractivity contribution >= 4 is 29.1 Å². The molecule has 0 radical (unpaired) electrons. The molecule has 5 fully saturated rings. The monoisotopic (exact) mass is 416 g/mol. The Hall–Kier alpha value is -1.75. The first-order valence-electron chi connectivity index (χ1n) is 10.9. The number of carbonyl (C=O) groups excluding carboxylic acids is 2. The average Bonchev–Trinajstić information content (AvgIpc) is 3.16. The van der Waals surface area contributed by atoms with E-state index >= 15 is 0 Å². The highest BCUT2D eigenvalue weighted by atomic mass is 35.5. The van der Waals surface area contributed by atoms with E-state index in [2.05, 4.69) is 5.32 Å². The minimum atomic E-state index is -0.378. The van der Waals surface area contributed by atoms with Crippen LogP contribution in [0.15, 0.2) is 18.2 Å². The van der Waals surface area contributed by atoms with Crippen molar-refractivity contribution in [3.05, 3.63) is 23.2 Å². The van der Waals surface area contributed by atoms with Crippen molar-refractivity contribution in [2.45, 2.75) is 57.4 Å². The zero-order chi connectivity index (χ0) is 20.2. The van der Waals surface area contributed by atoms with Crippen LogP contribution in [-0.4, -0.2) is 36.4 Å². The lowest BCUT2D eigenvalue weighted by Gasteiger charge is -2.56. The molecule has 1 aliphatic heterocycles. The molecule has 5 nitrogen and oxygen atoms in total. The molecular formula is C23H29ClN2O3.